The molecule has 0 saturated carbocycles. The molecule has 1 N–H and O–H groups in total. The Morgan fingerprint density at radius 1 is 1.35 bits per heavy atom. The van der Waals surface area contributed by atoms with Gasteiger partial charge in [0.15, 0.2) is 0 Å². The van der Waals surface area contributed by atoms with Crippen LogP contribution in [-0.4, -0.2) is 26.8 Å². The lowest BCUT2D eigenvalue weighted by molar-refractivity contribution is 0.768. The fourth-order valence-electron chi connectivity index (χ4n) is 1.66. The molecule has 0 spiro atoms. The van der Waals surface area contributed by atoms with Crippen molar-refractivity contribution in [3.63, 3.8) is 0 Å². The molecule has 0 radical (unpaired) electrons. The number of hydrogen-bond donors (Lipinski definition) is 1. The number of nitrogens with zero attached hydrogens (tertiary/aromatic N) is 4. The molecule has 2 aromatic rings. The normalized spacial score (nSPS) is 10.5. The van der Waals surface area contributed by atoms with Gasteiger partial charge in [0.25, 0.3) is 0 Å². The Bertz CT molecular complexity index is 503. The third kappa shape index (κ3) is 2.61. The molecule has 0 aliphatic rings. The van der Waals surface area contributed by atoms with Gasteiger partial charge in [0.2, 0.25) is 0 Å². The molecular formula is C12H17N5. The average molecular weight is 231 g/mol. The topological polar surface area (TPSA) is 55.6 Å². The zero-order valence-corrected chi connectivity index (χ0v) is 10.4. The van der Waals surface area contributed by atoms with Crippen molar-refractivity contribution in [3.05, 3.63) is 24.3 Å². The molecule has 0 aliphatic carbocycles. The molecule has 0 unspecified atom stereocenters. The van der Waals surface area contributed by atoms with Crippen LogP contribution in [0, 0.1) is 0 Å². The predicted octanol–water partition coefficient (Wildman–Crippen LogP) is 1.87. The van der Waals surface area contributed by atoms with Gasteiger partial charge in [-0.3, -0.25) is 4.68 Å². The van der Waals surface area contributed by atoms with E-state index < -0.39 is 0 Å². The maximum atomic E-state index is 4.55. The van der Waals surface area contributed by atoms with Crippen LogP contribution in [0.3, 0.4) is 0 Å². The van der Waals surface area contributed by atoms with Crippen molar-refractivity contribution in [2.45, 2.75) is 19.8 Å². The van der Waals surface area contributed by atoms with Crippen molar-refractivity contribution in [1.29, 1.82) is 0 Å². The third-order valence-electron chi connectivity index (χ3n) is 2.50. The summed E-state index contributed by atoms with van der Waals surface area (Å²) in [5.41, 5.74) is 1.93. The summed E-state index contributed by atoms with van der Waals surface area (Å²) < 4.78 is 1.77. The lowest BCUT2D eigenvalue weighted by Gasteiger charge is -2.05. The van der Waals surface area contributed by atoms with Crippen LogP contribution in [0.15, 0.2) is 18.5 Å². The van der Waals surface area contributed by atoms with Crippen LogP contribution < -0.4 is 5.32 Å². The van der Waals surface area contributed by atoms with E-state index in [1.54, 1.807) is 4.68 Å². The first-order chi connectivity index (χ1) is 8.22. The highest BCUT2D eigenvalue weighted by atomic mass is 15.2. The lowest BCUT2D eigenvalue weighted by atomic mass is 10.2. The monoisotopic (exact) mass is 231 g/mol. The van der Waals surface area contributed by atoms with Crippen LogP contribution >= 0.6 is 0 Å². The van der Waals surface area contributed by atoms with Crippen molar-refractivity contribution in [2.24, 2.45) is 7.05 Å². The van der Waals surface area contributed by atoms with E-state index in [2.05, 4.69) is 27.3 Å². The van der Waals surface area contributed by atoms with Crippen LogP contribution in [0.1, 0.15) is 19.2 Å². The van der Waals surface area contributed by atoms with Gasteiger partial charge in [-0.15, -0.1) is 0 Å². The Balaban J connectivity index is 2.42. The molecule has 0 saturated heterocycles. The average Bonchev–Trinajstić information content (AvgIpc) is 2.76. The molecule has 2 rings (SSSR count). The van der Waals surface area contributed by atoms with E-state index in [9.17, 15) is 0 Å². The first-order valence-corrected chi connectivity index (χ1v) is 5.77. The molecule has 0 aliphatic heterocycles. The van der Waals surface area contributed by atoms with Gasteiger partial charge < -0.3 is 5.32 Å². The first-order valence-electron chi connectivity index (χ1n) is 5.77. The second-order valence-electron chi connectivity index (χ2n) is 3.96. The quantitative estimate of drug-likeness (QED) is 0.872. The number of hydrogen-bond acceptors (Lipinski definition) is 4. The highest BCUT2D eigenvalue weighted by molar-refractivity contribution is 5.60. The van der Waals surface area contributed by atoms with Crippen LogP contribution in [0.4, 0.5) is 5.82 Å². The lowest BCUT2D eigenvalue weighted by Crippen LogP contribution is -2.01. The summed E-state index contributed by atoms with van der Waals surface area (Å²) >= 11 is 0. The van der Waals surface area contributed by atoms with E-state index >= 15 is 0 Å². The smallest absolute Gasteiger partial charge is 0.131 e. The van der Waals surface area contributed by atoms with Gasteiger partial charge in [-0.2, -0.15) is 5.10 Å². The number of rotatable bonds is 4. The summed E-state index contributed by atoms with van der Waals surface area (Å²) in [7, 11) is 3.77. The van der Waals surface area contributed by atoms with Crippen LogP contribution in [0.2, 0.25) is 0 Å². The molecule has 0 fully saturated rings. The minimum atomic E-state index is 0.849. The molecular weight excluding hydrogens is 214 g/mol. The summed E-state index contributed by atoms with van der Waals surface area (Å²) in [5.74, 6) is 1.72. The predicted molar refractivity (Wildman–Crippen MR) is 67.8 cm³/mol. The second-order valence-corrected chi connectivity index (χ2v) is 3.96. The molecule has 2 heterocycles. The second kappa shape index (κ2) is 4.95. The van der Waals surface area contributed by atoms with E-state index in [0.717, 1.165) is 35.7 Å². The highest BCUT2D eigenvalue weighted by Gasteiger charge is 2.07. The fraction of sp³-hybridized carbons (Fsp3) is 0.417. The van der Waals surface area contributed by atoms with Crippen molar-refractivity contribution in [2.75, 3.05) is 12.4 Å². The van der Waals surface area contributed by atoms with Crippen LogP contribution in [0.25, 0.3) is 11.3 Å². The molecule has 0 amide bonds. The Morgan fingerprint density at radius 3 is 2.76 bits per heavy atom. The molecule has 0 bridgehead atoms. The summed E-state index contributed by atoms with van der Waals surface area (Å²) in [6, 6.07) is 1.94. The molecule has 90 valence electrons. The van der Waals surface area contributed by atoms with Crippen molar-refractivity contribution in [3.8, 4) is 11.3 Å². The SMILES string of the molecule is CCCc1nc(NC)cc(-c2cnn(C)c2)n1. The van der Waals surface area contributed by atoms with Gasteiger partial charge in [-0.25, -0.2) is 9.97 Å². The van der Waals surface area contributed by atoms with E-state index in [0.29, 0.717) is 0 Å². The molecule has 17 heavy (non-hydrogen) atoms. The summed E-state index contributed by atoms with van der Waals surface area (Å²) in [6.07, 6.45) is 5.71. The third-order valence-corrected chi connectivity index (χ3v) is 2.50. The van der Waals surface area contributed by atoms with Gasteiger partial charge in [0.1, 0.15) is 11.6 Å². The standard InChI is InChI=1S/C12H17N5/c1-4-5-11-15-10(6-12(13-2)16-11)9-7-14-17(3)8-9/h6-8H,4-5H2,1-3H3,(H,13,15,16). The summed E-state index contributed by atoms with van der Waals surface area (Å²) in [6.45, 7) is 2.12. The van der Waals surface area contributed by atoms with Gasteiger partial charge in [-0.05, 0) is 6.42 Å². The fourth-order valence-corrected chi connectivity index (χ4v) is 1.66. The number of nitrogens with one attached hydrogen (secondary N) is 1. The van der Waals surface area contributed by atoms with Crippen LogP contribution in [0.5, 0.6) is 0 Å². The van der Waals surface area contributed by atoms with Gasteiger partial charge >= 0.3 is 0 Å². The van der Waals surface area contributed by atoms with Gasteiger partial charge in [0, 0.05) is 38.3 Å². The highest BCUT2D eigenvalue weighted by Crippen LogP contribution is 2.19. The van der Waals surface area contributed by atoms with E-state index in [1.165, 1.54) is 0 Å². The number of aromatic nitrogens is 4. The molecule has 0 aromatic carbocycles. The Hall–Kier alpha value is -1.91. The maximum absolute atomic E-state index is 4.55. The van der Waals surface area contributed by atoms with Crippen molar-refractivity contribution < 1.29 is 0 Å². The minimum absolute atomic E-state index is 0.849. The maximum Gasteiger partial charge on any atom is 0.131 e. The van der Waals surface area contributed by atoms with Gasteiger partial charge in [0.05, 0.1) is 11.9 Å². The molecule has 5 nitrogen and oxygen atoms in total. The number of anilines is 1. The van der Waals surface area contributed by atoms with Crippen LogP contribution in [-0.2, 0) is 13.5 Å². The Labute approximate surface area is 101 Å². The zero-order chi connectivity index (χ0) is 12.3. The van der Waals surface area contributed by atoms with Crippen molar-refractivity contribution in [1.82, 2.24) is 19.7 Å². The summed E-state index contributed by atoms with van der Waals surface area (Å²) in [4.78, 5) is 8.97. The minimum Gasteiger partial charge on any atom is -0.373 e. The Kier molecular flexibility index (Phi) is 3.37. The van der Waals surface area contributed by atoms with Crippen molar-refractivity contribution >= 4 is 5.82 Å². The number of aryl methyl sites for hydroxylation is 2. The van der Waals surface area contributed by atoms with E-state index in [1.807, 2.05) is 32.6 Å². The first kappa shape index (κ1) is 11.6. The van der Waals surface area contributed by atoms with Gasteiger partial charge in [-0.1, -0.05) is 6.92 Å². The van der Waals surface area contributed by atoms with E-state index in [-0.39, 0.29) is 0 Å². The summed E-state index contributed by atoms with van der Waals surface area (Å²) in [5, 5.41) is 7.22. The largest absolute Gasteiger partial charge is 0.373 e. The zero-order valence-electron chi connectivity index (χ0n) is 10.4. The molecule has 0 atom stereocenters. The Morgan fingerprint density at radius 2 is 2.18 bits per heavy atom. The molecule has 2 aromatic heterocycles. The molecule has 5 heteroatoms. The van der Waals surface area contributed by atoms with E-state index in [4.69, 9.17) is 0 Å².